The zero-order valence-electron chi connectivity index (χ0n) is 11.7. The van der Waals surface area contributed by atoms with Crippen LogP contribution < -0.4 is 4.74 Å². The summed E-state index contributed by atoms with van der Waals surface area (Å²) in [6, 6.07) is 3.65. The van der Waals surface area contributed by atoms with Crippen molar-refractivity contribution in [2.75, 3.05) is 0 Å². The van der Waals surface area contributed by atoms with Gasteiger partial charge in [-0.1, -0.05) is 6.07 Å². The maximum Gasteiger partial charge on any atom is 0.311 e. The molecule has 0 unspecified atom stereocenters. The monoisotopic (exact) mass is 348 g/mol. The van der Waals surface area contributed by atoms with Gasteiger partial charge in [0.25, 0.3) is 0 Å². The molecule has 0 bridgehead atoms. The lowest BCUT2D eigenvalue weighted by Crippen LogP contribution is -2.14. The van der Waals surface area contributed by atoms with Crippen molar-refractivity contribution in [2.24, 2.45) is 0 Å². The van der Waals surface area contributed by atoms with Crippen molar-refractivity contribution >= 4 is 5.97 Å². The van der Waals surface area contributed by atoms with E-state index in [1.54, 1.807) is 0 Å². The Morgan fingerprint density at radius 2 is 1.42 bits per heavy atom. The van der Waals surface area contributed by atoms with Gasteiger partial charge in [-0.05, 0) is 24.1 Å². The van der Waals surface area contributed by atoms with Gasteiger partial charge in [-0.25, -0.2) is 13.2 Å². The minimum Gasteiger partial charge on any atom is -0.504 e. The number of hydrogen-bond acceptors (Lipinski definition) is 4. The molecule has 0 atom stereocenters. The molecule has 2 aromatic rings. The van der Waals surface area contributed by atoms with Gasteiger partial charge in [0, 0.05) is 6.42 Å². The number of carbonyl (C=O) groups excluding carboxylic acids is 1. The van der Waals surface area contributed by atoms with Gasteiger partial charge >= 0.3 is 5.97 Å². The van der Waals surface area contributed by atoms with E-state index in [0.717, 1.165) is 12.1 Å². The first-order valence-electron chi connectivity index (χ1n) is 6.45. The van der Waals surface area contributed by atoms with Crippen LogP contribution in [0.4, 0.5) is 22.0 Å². The van der Waals surface area contributed by atoms with Gasteiger partial charge in [0.15, 0.2) is 11.5 Å². The number of phenolic OH excluding ortho intramolecular Hbond substituents is 2. The van der Waals surface area contributed by atoms with Crippen molar-refractivity contribution in [3.63, 3.8) is 0 Å². The number of aromatic hydroxyl groups is 2. The van der Waals surface area contributed by atoms with Crippen molar-refractivity contribution < 1.29 is 41.7 Å². The van der Waals surface area contributed by atoms with Gasteiger partial charge in [0.2, 0.25) is 34.8 Å². The third-order valence-electron chi connectivity index (χ3n) is 3.04. The van der Waals surface area contributed by atoms with Gasteiger partial charge in [0.05, 0.1) is 0 Å². The molecule has 0 aliphatic heterocycles. The van der Waals surface area contributed by atoms with Crippen LogP contribution in [-0.2, 0) is 11.2 Å². The molecule has 0 saturated carbocycles. The normalized spacial score (nSPS) is 10.7. The zero-order chi connectivity index (χ0) is 18.0. The summed E-state index contributed by atoms with van der Waals surface area (Å²) in [5.41, 5.74) is 0.375. The Hall–Kier alpha value is -2.84. The lowest BCUT2D eigenvalue weighted by Gasteiger charge is -2.09. The van der Waals surface area contributed by atoms with Crippen LogP contribution in [0.1, 0.15) is 12.0 Å². The molecule has 0 spiro atoms. The third kappa shape index (κ3) is 3.39. The van der Waals surface area contributed by atoms with E-state index in [0.29, 0.717) is 5.56 Å². The van der Waals surface area contributed by atoms with E-state index in [9.17, 15) is 31.9 Å². The number of aryl methyl sites for hydroxylation is 1. The first-order valence-corrected chi connectivity index (χ1v) is 6.45. The van der Waals surface area contributed by atoms with E-state index < -0.39 is 53.0 Å². The van der Waals surface area contributed by atoms with Crippen LogP contribution in [0.25, 0.3) is 0 Å². The lowest BCUT2D eigenvalue weighted by atomic mass is 10.1. The highest BCUT2D eigenvalue weighted by Crippen LogP contribution is 2.30. The average Bonchev–Trinajstić information content (AvgIpc) is 2.56. The topological polar surface area (TPSA) is 66.8 Å². The Morgan fingerprint density at radius 1 is 0.875 bits per heavy atom. The molecule has 2 rings (SSSR count). The maximum absolute atomic E-state index is 13.4. The number of halogens is 5. The summed E-state index contributed by atoms with van der Waals surface area (Å²) in [5.74, 6) is -15.0. The molecule has 0 heterocycles. The minimum absolute atomic E-state index is 0.0674. The van der Waals surface area contributed by atoms with Crippen molar-refractivity contribution in [1.29, 1.82) is 0 Å². The predicted octanol–water partition coefficient (Wildman–Crippen LogP) is 3.33. The summed E-state index contributed by atoms with van der Waals surface area (Å²) in [4.78, 5) is 11.5. The Balaban J connectivity index is 2.11. The summed E-state index contributed by atoms with van der Waals surface area (Å²) in [6.45, 7) is 0. The zero-order valence-corrected chi connectivity index (χ0v) is 11.7. The fraction of sp³-hybridized carbons (Fsp3) is 0.133. The van der Waals surface area contributed by atoms with E-state index in [2.05, 4.69) is 4.74 Å². The maximum atomic E-state index is 13.4. The lowest BCUT2D eigenvalue weighted by molar-refractivity contribution is -0.134. The molecule has 24 heavy (non-hydrogen) atoms. The predicted molar refractivity (Wildman–Crippen MR) is 70.0 cm³/mol. The van der Waals surface area contributed by atoms with Crippen LogP contribution in [0, 0.1) is 29.1 Å². The van der Waals surface area contributed by atoms with E-state index in [1.807, 2.05) is 0 Å². The Kier molecular flexibility index (Phi) is 4.91. The fourth-order valence-corrected chi connectivity index (χ4v) is 1.81. The molecule has 4 nitrogen and oxygen atoms in total. The van der Waals surface area contributed by atoms with Gasteiger partial charge in [-0.2, -0.15) is 8.78 Å². The van der Waals surface area contributed by atoms with E-state index in [1.165, 1.54) is 6.07 Å². The number of esters is 1. The van der Waals surface area contributed by atoms with Gasteiger partial charge < -0.3 is 14.9 Å². The number of rotatable bonds is 4. The second-order valence-corrected chi connectivity index (χ2v) is 4.70. The summed E-state index contributed by atoms with van der Waals surface area (Å²) in [5, 5.41) is 18.4. The van der Waals surface area contributed by atoms with E-state index in [4.69, 9.17) is 5.11 Å². The number of benzene rings is 2. The molecule has 128 valence electrons. The molecule has 2 N–H and O–H groups in total. The van der Waals surface area contributed by atoms with Crippen LogP contribution in [0.15, 0.2) is 18.2 Å². The summed E-state index contributed by atoms with van der Waals surface area (Å²) in [6.07, 6.45) is -0.536. The second kappa shape index (κ2) is 6.73. The highest BCUT2D eigenvalue weighted by molar-refractivity contribution is 5.72. The van der Waals surface area contributed by atoms with Crippen molar-refractivity contribution in [2.45, 2.75) is 12.8 Å². The van der Waals surface area contributed by atoms with Crippen molar-refractivity contribution in [1.82, 2.24) is 0 Å². The highest BCUT2D eigenvalue weighted by atomic mass is 19.2. The first-order chi connectivity index (χ1) is 11.2. The summed E-state index contributed by atoms with van der Waals surface area (Å²) >= 11 is 0. The fourth-order valence-electron chi connectivity index (χ4n) is 1.81. The van der Waals surface area contributed by atoms with E-state index >= 15 is 0 Å². The summed E-state index contributed by atoms with van der Waals surface area (Å²) < 4.78 is 69.8. The van der Waals surface area contributed by atoms with Gasteiger partial charge in [-0.3, -0.25) is 4.79 Å². The highest BCUT2D eigenvalue weighted by Gasteiger charge is 2.28. The van der Waals surface area contributed by atoms with Gasteiger partial charge in [-0.15, -0.1) is 0 Å². The quantitative estimate of drug-likeness (QED) is 0.222. The smallest absolute Gasteiger partial charge is 0.311 e. The van der Waals surface area contributed by atoms with E-state index in [-0.39, 0.29) is 12.2 Å². The molecule has 0 amide bonds. The van der Waals surface area contributed by atoms with Crippen LogP contribution in [0.5, 0.6) is 17.2 Å². The molecular weight excluding hydrogens is 339 g/mol. The molecule has 0 aromatic heterocycles. The number of ether oxygens (including phenoxy) is 1. The second-order valence-electron chi connectivity index (χ2n) is 4.70. The molecule has 2 aromatic carbocycles. The van der Waals surface area contributed by atoms with Crippen LogP contribution in [0.3, 0.4) is 0 Å². The Labute approximate surface area is 131 Å². The number of hydrogen-bond donors (Lipinski definition) is 2. The first kappa shape index (κ1) is 17.5. The molecule has 0 aliphatic carbocycles. The van der Waals surface area contributed by atoms with Gasteiger partial charge in [0.1, 0.15) is 0 Å². The Bertz CT molecular complexity index is 778. The number of carbonyl (C=O) groups is 1. The van der Waals surface area contributed by atoms with Crippen LogP contribution in [0.2, 0.25) is 0 Å². The largest absolute Gasteiger partial charge is 0.504 e. The van der Waals surface area contributed by atoms with Crippen molar-refractivity contribution in [3.8, 4) is 17.2 Å². The molecule has 0 saturated heterocycles. The summed E-state index contributed by atoms with van der Waals surface area (Å²) in [7, 11) is 0. The average molecular weight is 348 g/mol. The van der Waals surface area contributed by atoms with Crippen molar-refractivity contribution in [3.05, 3.63) is 52.8 Å². The standard InChI is InChI=1S/C15H9F5O4/c16-10-11(17)13(19)15(14(20)12(10)18)24-9(23)4-2-6-1-3-7(21)8(22)5-6/h1,3,5,21-22H,2,4H2. The molecule has 0 radical (unpaired) electrons. The molecule has 0 fully saturated rings. The van der Waals surface area contributed by atoms with Crippen LogP contribution >= 0.6 is 0 Å². The molecule has 9 heteroatoms. The number of phenols is 2. The van der Waals surface area contributed by atoms with Crippen LogP contribution in [-0.4, -0.2) is 16.2 Å². The minimum atomic E-state index is -2.36. The molecular formula is C15H9F5O4. The molecule has 0 aliphatic rings. The third-order valence-corrected chi connectivity index (χ3v) is 3.04. The SMILES string of the molecule is O=C(CCc1ccc(O)c(O)c1)Oc1c(F)c(F)c(F)c(F)c1F. The Morgan fingerprint density at radius 3 is 1.96 bits per heavy atom.